The molecule has 0 aromatic carbocycles. The summed E-state index contributed by atoms with van der Waals surface area (Å²) in [5.74, 6) is 0.0348. The first-order valence-corrected chi connectivity index (χ1v) is 12.4. The topological polar surface area (TPSA) is 92.4 Å². The van der Waals surface area contributed by atoms with Gasteiger partial charge in [0.1, 0.15) is 0 Å². The van der Waals surface area contributed by atoms with Crippen molar-refractivity contribution in [3.8, 4) is 0 Å². The summed E-state index contributed by atoms with van der Waals surface area (Å²) in [5, 5.41) is 11.6. The number of carboxylic acid groups (broad SMARTS) is 1. The fourth-order valence-electron chi connectivity index (χ4n) is 3.49. The van der Waals surface area contributed by atoms with Gasteiger partial charge in [0.25, 0.3) is 0 Å². The summed E-state index contributed by atoms with van der Waals surface area (Å²) in [6.45, 7) is 0.118. The number of rotatable bonds is 21. The number of aliphatic carboxylic acids is 1. The maximum absolute atomic E-state index is 10.9. The number of amides is 1. The first-order valence-electron chi connectivity index (χ1n) is 11.4. The van der Waals surface area contributed by atoms with Gasteiger partial charge < -0.3 is 16.2 Å². The van der Waals surface area contributed by atoms with Crippen molar-refractivity contribution < 1.29 is 14.7 Å². The van der Waals surface area contributed by atoms with Crippen LogP contribution in [0.2, 0.25) is 0 Å². The number of nitrogens with two attached hydrogens (primary N) is 1. The van der Waals surface area contributed by atoms with E-state index in [2.05, 4.69) is 17.9 Å². The molecule has 0 bridgehead atoms. The number of hydrogen-bond acceptors (Lipinski definition) is 4. The number of unbranched alkanes of at least 4 members (excludes halogenated alkanes) is 12. The van der Waals surface area contributed by atoms with Gasteiger partial charge in [0, 0.05) is 12.3 Å². The van der Waals surface area contributed by atoms with Gasteiger partial charge in [0.2, 0.25) is 5.91 Å². The minimum atomic E-state index is -0.678. The summed E-state index contributed by atoms with van der Waals surface area (Å²) in [6, 6.07) is 0. The van der Waals surface area contributed by atoms with Crippen molar-refractivity contribution in [3.63, 3.8) is 0 Å². The van der Waals surface area contributed by atoms with E-state index >= 15 is 0 Å². The van der Waals surface area contributed by atoms with E-state index in [9.17, 15) is 9.59 Å². The van der Waals surface area contributed by atoms with Crippen molar-refractivity contribution in [2.75, 3.05) is 12.3 Å². The first-order chi connectivity index (χ1) is 14.0. The lowest BCUT2D eigenvalue weighted by molar-refractivity contribution is -0.137. The monoisotopic (exact) mass is 446 g/mol. The Kier molecular flexibility index (Phi) is 19.9. The minimum Gasteiger partial charge on any atom is -0.481 e. The number of primary amides is 1. The molecule has 0 fully saturated rings. The van der Waals surface area contributed by atoms with Crippen molar-refractivity contribution in [2.24, 2.45) is 11.7 Å². The number of nitrogens with one attached hydrogen (secondary N) is 1. The molecule has 0 saturated carbocycles. The Labute approximate surface area is 188 Å². The van der Waals surface area contributed by atoms with Crippen LogP contribution >= 0.6 is 24.8 Å². The van der Waals surface area contributed by atoms with Gasteiger partial charge in [0.15, 0.2) is 0 Å². The van der Waals surface area contributed by atoms with Crippen molar-refractivity contribution in [1.82, 2.24) is 5.32 Å². The molecule has 4 N–H and O–H groups in total. The molecule has 0 aliphatic heterocycles. The van der Waals surface area contributed by atoms with Crippen LogP contribution in [0, 0.1) is 5.92 Å². The molecule has 29 heavy (non-hydrogen) atoms. The van der Waals surface area contributed by atoms with E-state index in [1.54, 1.807) is 0 Å². The predicted molar refractivity (Wildman–Crippen MR) is 129 cm³/mol. The third-order valence-electron chi connectivity index (χ3n) is 5.23. The fraction of sp³-hybridized carbons (Fsp3) is 0.864. The van der Waals surface area contributed by atoms with E-state index in [0.29, 0.717) is 12.3 Å². The Balaban J connectivity index is 3.47. The zero-order valence-electron chi connectivity index (χ0n) is 18.0. The molecule has 0 rings (SSSR count). The molecule has 170 valence electrons. The smallest absolute Gasteiger partial charge is 0.303 e. The highest BCUT2D eigenvalue weighted by atomic mass is 32.1. The number of carboxylic acids is 1. The Hall–Kier alpha value is -0.820. The van der Waals surface area contributed by atoms with E-state index in [1.807, 2.05) is 0 Å². The Morgan fingerprint density at radius 1 is 0.828 bits per heavy atom. The normalized spacial score (nSPS) is 11.9. The van der Waals surface area contributed by atoms with Crippen LogP contribution in [-0.2, 0) is 9.59 Å². The highest BCUT2D eigenvalue weighted by molar-refractivity contribution is 7.80. The predicted octanol–water partition coefficient (Wildman–Crippen LogP) is 5.26. The standard InChI is InChI=1S/C22H42N2O3S2/c23-20(25)18-24-22(29)19(16-17-28)14-12-10-8-6-4-2-1-3-5-7-9-11-13-15-21(26)27/h19,28H,1-18H2,(H2,23,25)(H,24,29)(H,26,27). The lowest BCUT2D eigenvalue weighted by atomic mass is 9.97. The van der Waals surface area contributed by atoms with Gasteiger partial charge in [-0.2, -0.15) is 12.6 Å². The van der Waals surface area contributed by atoms with Gasteiger partial charge >= 0.3 is 5.97 Å². The largest absolute Gasteiger partial charge is 0.481 e. The second kappa shape index (κ2) is 20.5. The van der Waals surface area contributed by atoms with Crippen LogP contribution < -0.4 is 11.1 Å². The van der Waals surface area contributed by atoms with Crippen LogP contribution in [0.1, 0.15) is 103 Å². The minimum absolute atomic E-state index is 0.118. The van der Waals surface area contributed by atoms with E-state index in [-0.39, 0.29) is 12.5 Å². The third kappa shape index (κ3) is 20.2. The van der Waals surface area contributed by atoms with Crippen LogP contribution in [0.3, 0.4) is 0 Å². The second-order valence-electron chi connectivity index (χ2n) is 7.92. The molecule has 0 aliphatic carbocycles. The Morgan fingerprint density at radius 2 is 1.28 bits per heavy atom. The van der Waals surface area contributed by atoms with Crippen LogP contribution in [0.4, 0.5) is 0 Å². The number of carbonyl (C=O) groups is 2. The van der Waals surface area contributed by atoms with Gasteiger partial charge in [-0.1, -0.05) is 89.3 Å². The van der Waals surface area contributed by atoms with Gasteiger partial charge in [-0.05, 0) is 25.0 Å². The average molecular weight is 447 g/mol. The van der Waals surface area contributed by atoms with Crippen molar-refractivity contribution in [3.05, 3.63) is 0 Å². The van der Waals surface area contributed by atoms with Crippen molar-refractivity contribution >= 4 is 41.7 Å². The average Bonchev–Trinajstić information content (AvgIpc) is 2.67. The summed E-state index contributed by atoms with van der Waals surface area (Å²) in [4.78, 5) is 22.0. The van der Waals surface area contributed by atoms with Crippen LogP contribution in [0.5, 0.6) is 0 Å². The summed E-state index contributed by atoms with van der Waals surface area (Å²) >= 11 is 9.71. The molecule has 0 heterocycles. The number of carbonyl (C=O) groups excluding carboxylic acids is 1. The highest BCUT2D eigenvalue weighted by Crippen LogP contribution is 2.18. The van der Waals surface area contributed by atoms with E-state index in [1.165, 1.54) is 70.6 Å². The summed E-state index contributed by atoms with van der Waals surface area (Å²) in [7, 11) is 0. The molecular formula is C22H42N2O3S2. The zero-order valence-corrected chi connectivity index (χ0v) is 19.7. The zero-order chi connectivity index (χ0) is 21.7. The van der Waals surface area contributed by atoms with E-state index < -0.39 is 5.97 Å². The molecule has 1 amide bonds. The molecule has 0 spiro atoms. The summed E-state index contributed by atoms with van der Waals surface area (Å²) in [5.41, 5.74) is 5.16. The fourth-order valence-corrected chi connectivity index (χ4v) is 4.11. The first kappa shape index (κ1) is 28.2. The second-order valence-corrected chi connectivity index (χ2v) is 8.81. The van der Waals surface area contributed by atoms with Crippen molar-refractivity contribution in [2.45, 2.75) is 103 Å². The Bertz CT molecular complexity index is 448. The molecule has 7 heteroatoms. The van der Waals surface area contributed by atoms with Gasteiger partial charge in [0.05, 0.1) is 11.5 Å². The van der Waals surface area contributed by atoms with Crippen LogP contribution in [-0.4, -0.2) is 34.3 Å². The number of thiocarbonyl (C=S) groups is 1. The molecule has 1 atom stereocenters. The molecular weight excluding hydrogens is 404 g/mol. The molecule has 0 saturated heterocycles. The quantitative estimate of drug-likeness (QED) is 0.110. The molecule has 0 aromatic heterocycles. The number of hydrogen-bond donors (Lipinski definition) is 4. The SMILES string of the molecule is NC(=O)CNC(=S)C(CCS)CCCCCCCCCCCCCCCC(=O)O. The van der Waals surface area contributed by atoms with Gasteiger partial charge in [-0.15, -0.1) is 0 Å². The van der Waals surface area contributed by atoms with Gasteiger partial charge in [-0.25, -0.2) is 0 Å². The molecule has 0 aromatic rings. The molecule has 0 radical (unpaired) electrons. The van der Waals surface area contributed by atoms with Gasteiger partial charge in [-0.3, -0.25) is 9.59 Å². The number of thiol groups is 1. The van der Waals surface area contributed by atoms with Crippen molar-refractivity contribution in [1.29, 1.82) is 0 Å². The maximum Gasteiger partial charge on any atom is 0.303 e. The summed E-state index contributed by atoms with van der Waals surface area (Å²) in [6.07, 6.45) is 18.1. The lowest BCUT2D eigenvalue weighted by Crippen LogP contribution is -2.36. The van der Waals surface area contributed by atoms with Crippen LogP contribution in [0.15, 0.2) is 0 Å². The molecule has 0 aliphatic rings. The van der Waals surface area contributed by atoms with Crippen LogP contribution in [0.25, 0.3) is 0 Å². The molecule has 5 nitrogen and oxygen atoms in total. The van der Waals surface area contributed by atoms with E-state index in [4.69, 9.17) is 23.1 Å². The lowest BCUT2D eigenvalue weighted by Gasteiger charge is -2.18. The van der Waals surface area contributed by atoms with E-state index in [0.717, 1.165) is 36.4 Å². The summed E-state index contributed by atoms with van der Waals surface area (Å²) < 4.78 is 0. The Morgan fingerprint density at radius 3 is 1.69 bits per heavy atom. The maximum atomic E-state index is 10.9. The highest BCUT2D eigenvalue weighted by Gasteiger charge is 2.13. The molecule has 1 unspecified atom stereocenters. The third-order valence-corrected chi connectivity index (χ3v) is 5.96.